The van der Waals surface area contributed by atoms with Gasteiger partial charge in [0.05, 0.1) is 15.1 Å². The number of likely N-dealkylation sites (tertiary alicyclic amines) is 1. The maximum absolute atomic E-state index is 11.4. The number of fused-ring (bicyclic) bond motifs is 1. The second kappa shape index (κ2) is 11.3. The highest BCUT2D eigenvalue weighted by atomic mass is 127. The van der Waals surface area contributed by atoms with Crippen LogP contribution in [0.25, 0.3) is 11.1 Å². The number of aromatic nitrogens is 1. The fraction of sp³-hybridized carbons (Fsp3) is 0.435. The van der Waals surface area contributed by atoms with Crippen LogP contribution >= 0.6 is 22.6 Å². The molecule has 35 heavy (non-hydrogen) atoms. The molecule has 0 unspecified atom stereocenters. The van der Waals surface area contributed by atoms with E-state index in [-0.39, 0.29) is 17.7 Å². The number of oxazole rings is 1. The minimum Gasteiger partial charge on any atom is -0.493 e. The van der Waals surface area contributed by atoms with Crippen molar-refractivity contribution in [2.75, 3.05) is 38.9 Å². The van der Waals surface area contributed by atoms with Crippen molar-refractivity contribution >= 4 is 49.8 Å². The first kappa shape index (κ1) is 25.9. The summed E-state index contributed by atoms with van der Waals surface area (Å²) in [6, 6.07) is 8.69. The Hall–Kier alpha value is -2.13. The largest absolute Gasteiger partial charge is 0.493 e. The predicted octanol–water partition coefficient (Wildman–Crippen LogP) is 4.14. The minimum absolute atomic E-state index is 0.176. The third-order valence-electron chi connectivity index (χ3n) is 5.68. The molecule has 1 saturated heterocycles. The third-order valence-corrected chi connectivity index (χ3v) is 7.59. The number of halogens is 1. The van der Waals surface area contributed by atoms with E-state index in [2.05, 4.69) is 43.9 Å². The summed E-state index contributed by atoms with van der Waals surface area (Å²) in [4.78, 5) is 6.50. The van der Waals surface area contributed by atoms with Crippen LogP contribution in [0.5, 0.6) is 11.5 Å². The summed E-state index contributed by atoms with van der Waals surface area (Å²) >= 11 is 2.23. The molecule has 4 rings (SSSR count). The normalized spacial score (nSPS) is 15.4. The molecule has 2 N–H and O–H groups in total. The van der Waals surface area contributed by atoms with Gasteiger partial charge in [0.2, 0.25) is 0 Å². The van der Waals surface area contributed by atoms with Gasteiger partial charge in [-0.25, -0.2) is 0 Å². The molecule has 0 saturated carbocycles. The van der Waals surface area contributed by atoms with Crippen molar-refractivity contribution in [1.29, 1.82) is 0 Å². The van der Waals surface area contributed by atoms with Crippen LogP contribution in [0.3, 0.4) is 0 Å². The Morgan fingerprint density at radius 1 is 1.20 bits per heavy atom. The number of nitrogens with zero attached hydrogens (tertiary/aromatic N) is 2. The summed E-state index contributed by atoms with van der Waals surface area (Å²) in [6.07, 6.45) is 1.79. The van der Waals surface area contributed by atoms with Gasteiger partial charge >= 0.3 is 0 Å². The fourth-order valence-electron chi connectivity index (χ4n) is 4.00. The van der Waals surface area contributed by atoms with E-state index in [1.807, 2.05) is 13.0 Å². The Balaban J connectivity index is 1.37. The number of hydrogen-bond acceptors (Lipinski definition) is 9. The van der Waals surface area contributed by atoms with E-state index in [4.69, 9.17) is 18.6 Å². The van der Waals surface area contributed by atoms with Gasteiger partial charge in [-0.05, 0) is 78.3 Å². The maximum Gasteiger partial charge on any atom is 0.295 e. The first-order valence-electron chi connectivity index (χ1n) is 11.2. The monoisotopic (exact) mass is 617 g/mol. The molecule has 0 bridgehead atoms. The van der Waals surface area contributed by atoms with Crippen LogP contribution < -0.4 is 14.8 Å². The van der Waals surface area contributed by atoms with E-state index >= 15 is 0 Å². The Labute approximate surface area is 217 Å². The average molecular weight is 617 g/mol. The number of nitrogens with one attached hydrogen (secondary N) is 1. The molecule has 10 nitrogen and oxygen atoms in total. The van der Waals surface area contributed by atoms with Crippen molar-refractivity contribution in [3.05, 3.63) is 39.5 Å². The predicted molar refractivity (Wildman–Crippen MR) is 139 cm³/mol. The van der Waals surface area contributed by atoms with Crippen LogP contribution in [0.15, 0.2) is 39.6 Å². The van der Waals surface area contributed by atoms with Gasteiger partial charge in [0.1, 0.15) is 17.0 Å². The number of ether oxygens (including phenoxy) is 3. The Morgan fingerprint density at radius 3 is 2.57 bits per heavy atom. The fourth-order valence-corrected chi connectivity index (χ4v) is 5.13. The van der Waals surface area contributed by atoms with Crippen LogP contribution in [0.2, 0.25) is 0 Å². The van der Waals surface area contributed by atoms with Gasteiger partial charge in [-0.2, -0.15) is 13.4 Å². The molecule has 1 aliphatic rings. The smallest absolute Gasteiger partial charge is 0.295 e. The molecule has 1 aromatic heterocycles. The van der Waals surface area contributed by atoms with Gasteiger partial charge < -0.3 is 23.9 Å². The number of piperidine rings is 1. The summed E-state index contributed by atoms with van der Waals surface area (Å²) in [5, 5.41) is 3.31. The number of anilines is 1. The highest BCUT2D eigenvalue weighted by Crippen LogP contribution is 2.33. The van der Waals surface area contributed by atoms with Gasteiger partial charge in [0.25, 0.3) is 16.1 Å². The van der Waals surface area contributed by atoms with Crippen LogP contribution in [0, 0.1) is 3.57 Å². The molecule has 0 aliphatic carbocycles. The van der Waals surface area contributed by atoms with E-state index in [0.717, 1.165) is 53.1 Å². The molecular formula is C23H28IN3O7S. The number of hydrogen-bond donors (Lipinski definition) is 2. The zero-order chi connectivity index (χ0) is 25.0. The maximum atomic E-state index is 11.4. The molecule has 1 aliphatic heterocycles. The van der Waals surface area contributed by atoms with Crippen LogP contribution in [0.4, 0.5) is 6.01 Å². The van der Waals surface area contributed by atoms with Crippen LogP contribution in [-0.4, -0.2) is 62.5 Å². The minimum atomic E-state index is -4.29. The van der Waals surface area contributed by atoms with Gasteiger partial charge in [-0.3, -0.25) is 9.45 Å². The second-order valence-corrected chi connectivity index (χ2v) is 10.7. The van der Waals surface area contributed by atoms with Gasteiger partial charge in [-0.15, -0.1) is 0 Å². The molecule has 0 spiro atoms. The van der Waals surface area contributed by atoms with E-state index in [0.29, 0.717) is 23.7 Å². The van der Waals surface area contributed by atoms with Crippen LogP contribution in [0.1, 0.15) is 25.3 Å². The van der Waals surface area contributed by atoms with Crippen molar-refractivity contribution < 1.29 is 31.6 Å². The molecule has 190 valence electrons. The zero-order valence-electron chi connectivity index (χ0n) is 19.5. The summed E-state index contributed by atoms with van der Waals surface area (Å²) in [5.41, 5.74) is 1.93. The lowest BCUT2D eigenvalue weighted by Gasteiger charge is -2.32. The summed E-state index contributed by atoms with van der Waals surface area (Å²) in [6.45, 7) is 5.25. The summed E-state index contributed by atoms with van der Waals surface area (Å²) in [5.74, 6) is 1.56. The number of benzene rings is 2. The standard InChI is InChI=1S/C23H28IN3O7S/c1-3-32-20-10-15(11-21(22(20)24)33-14-31-2)13-27-8-6-16(7-9-27)25-23-26-18-12-17(35(28,29)30)4-5-19(18)34-23/h4-5,10-12,16H,3,6-9,13-14H2,1-2H3,(H,25,26)(H,28,29,30). The van der Waals surface area contributed by atoms with Crippen molar-refractivity contribution in [1.82, 2.24) is 9.88 Å². The van der Waals surface area contributed by atoms with Crippen molar-refractivity contribution in [2.45, 2.75) is 37.2 Å². The lowest BCUT2D eigenvalue weighted by molar-refractivity contribution is 0.0501. The van der Waals surface area contributed by atoms with E-state index in [1.54, 1.807) is 7.11 Å². The summed E-state index contributed by atoms with van der Waals surface area (Å²) in [7, 11) is -2.70. The van der Waals surface area contributed by atoms with Crippen molar-refractivity contribution in [2.24, 2.45) is 0 Å². The lowest BCUT2D eigenvalue weighted by atomic mass is 10.0. The first-order valence-corrected chi connectivity index (χ1v) is 13.7. The zero-order valence-corrected chi connectivity index (χ0v) is 22.5. The molecule has 2 heterocycles. The average Bonchev–Trinajstić information content (AvgIpc) is 3.22. The van der Waals surface area contributed by atoms with E-state index in [1.165, 1.54) is 18.2 Å². The number of rotatable bonds is 10. The van der Waals surface area contributed by atoms with E-state index in [9.17, 15) is 13.0 Å². The Bertz CT molecular complexity index is 1270. The van der Waals surface area contributed by atoms with Crippen LogP contribution in [-0.2, 0) is 21.4 Å². The second-order valence-electron chi connectivity index (χ2n) is 8.21. The van der Waals surface area contributed by atoms with Crippen molar-refractivity contribution in [3.8, 4) is 11.5 Å². The van der Waals surface area contributed by atoms with Gasteiger partial charge in [0, 0.05) is 32.8 Å². The molecule has 2 aromatic carbocycles. The molecular weight excluding hydrogens is 589 g/mol. The molecule has 1 fully saturated rings. The highest BCUT2D eigenvalue weighted by Gasteiger charge is 2.22. The Kier molecular flexibility index (Phi) is 8.37. The Morgan fingerprint density at radius 2 is 1.91 bits per heavy atom. The molecule has 0 radical (unpaired) electrons. The quantitative estimate of drug-likeness (QED) is 0.195. The summed E-state index contributed by atoms with van der Waals surface area (Å²) < 4.78 is 55.2. The van der Waals surface area contributed by atoms with Gasteiger partial charge in [0.15, 0.2) is 12.4 Å². The molecule has 12 heteroatoms. The lowest BCUT2D eigenvalue weighted by Crippen LogP contribution is -2.38. The SMILES string of the molecule is CCOc1cc(CN2CCC(Nc3nc4cc(S(=O)(=O)O)ccc4o3)CC2)cc(OCOC)c1I. The molecule has 0 atom stereocenters. The topological polar surface area (TPSA) is 123 Å². The highest BCUT2D eigenvalue weighted by molar-refractivity contribution is 14.1. The van der Waals surface area contributed by atoms with E-state index < -0.39 is 10.1 Å². The van der Waals surface area contributed by atoms with Gasteiger partial charge in [-0.1, -0.05) is 0 Å². The molecule has 3 aromatic rings. The first-order chi connectivity index (χ1) is 16.8. The molecule has 0 amide bonds. The third kappa shape index (κ3) is 6.55. The number of methoxy groups -OCH3 is 1. The van der Waals surface area contributed by atoms with Crippen molar-refractivity contribution in [3.63, 3.8) is 0 Å².